The maximum atomic E-state index is 12.8. The second kappa shape index (κ2) is 9.69. The zero-order chi connectivity index (χ0) is 22.8. The van der Waals surface area contributed by atoms with Crippen LogP contribution in [0.1, 0.15) is 32.1 Å². The first-order valence-electron chi connectivity index (χ1n) is 12.0. The zero-order valence-electron chi connectivity index (χ0n) is 18.8. The summed E-state index contributed by atoms with van der Waals surface area (Å²) in [5.74, 6) is 0.0814. The number of hydrogen-bond donors (Lipinski definition) is 7. The predicted octanol–water partition coefficient (Wildman–Crippen LogP) is 1.64. The van der Waals surface area contributed by atoms with Gasteiger partial charge in [-0.25, -0.2) is 0 Å². The third kappa shape index (κ3) is 4.99. The van der Waals surface area contributed by atoms with E-state index in [1.165, 1.54) is 12.8 Å². The van der Waals surface area contributed by atoms with Crippen molar-refractivity contribution < 1.29 is 9.90 Å². The molecule has 0 aromatic heterocycles. The van der Waals surface area contributed by atoms with Gasteiger partial charge in [-0.05, 0) is 54.7 Å². The first-order chi connectivity index (χ1) is 16.1. The molecule has 6 atom stereocenters. The summed E-state index contributed by atoms with van der Waals surface area (Å²) in [5.41, 5.74) is 9.38. The van der Waals surface area contributed by atoms with E-state index in [-0.39, 0.29) is 48.2 Å². The number of aromatic hydroxyl groups is 1. The van der Waals surface area contributed by atoms with Gasteiger partial charge in [0.05, 0.1) is 12.1 Å². The van der Waals surface area contributed by atoms with Crippen molar-refractivity contribution in [3.63, 3.8) is 0 Å². The Kier molecular flexibility index (Phi) is 6.50. The second-order valence-electron chi connectivity index (χ2n) is 9.45. The maximum Gasteiger partial charge on any atom is 0.228 e. The van der Waals surface area contributed by atoms with Crippen molar-refractivity contribution in [3.05, 3.63) is 48.5 Å². The molecule has 5 rings (SSSR count). The minimum Gasteiger partial charge on any atom is -0.508 e. The van der Waals surface area contributed by atoms with Crippen LogP contribution in [0.2, 0.25) is 0 Å². The minimum absolute atomic E-state index is 0.0613. The fourth-order valence-corrected chi connectivity index (χ4v) is 5.38. The summed E-state index contributed by atoms with van der Waals surface area (Å²) in [6.45, 7) is 0.686. The summed E-state index contributed by atoms with van der Waals surface area (Å²) >= 11 is 0. The summed E-state index contributed by atoms with van der Waals surface area (Å²) in [6, 6.07) is 15.8. The number of nitrogens with two attached hydrogens (primary N) is 1. The van der Waals surface area contributed by atoms with E-state index >= 15 is 0 Å². The summed E-state index contributed by atoms with van der Waals surface area (Å²) in [4.78, 5) is 12.8. The van der Waals surface area contributed by atoms with Crippen molar-refractivity contribution in [2.24, 2.45) is 11.7 Å². The number of phenols is 1. The molecule has 1 aliphatic carbocycles. The summed E-state index contributed by atoms with van der Waals surface area (Å²) in [5, 5.41) is 27.1. The van der Waals surface area contributed by atoms with Crippen LogP contribution in [-0.2, 0) is 4.79 Å². The molecule has 176 valence electrons. The SMILES string of the molecule is N[C@H]1CCCC[C@H]1NC1NC2CCNC(=O)C2C(Nc2cccc(-c3ccc(O)cc3)c2)N1. The number of hydrogen-bond acceptors (Lipinski definition) is 7. The normalized spacial score (nSPS) is 32.0. The quantitative estimate of drug-likeness (QED) is 0.369. The molecule has 2 aliphatic heterocycles. The highest BCUT2D eigenvalue weighted by molar-refractivity contribution is 5.82. The van der Waals surface area contributed by atoms with Gasteiger partial charge in [0.15, 0.2) is 0 Å². The average molecular weight is 451 g/mol. The molecule has 1 amide bonds. The summed E-state index contributed by atoms with van der Waals surface area (Å²) < 4.78 is 0. The Morgan fingerprint density at radius 1 is 0.970 bits per heavy atom. The molecule has 1 saturated carbocycles. The minimum atomic E-state index is -0.232. The molecule has 8 heteroatoms. The van der Waals surface area contributed by atoms with Gasteiger partial charge in [0.1, 0.15) is 12.0 Å². The van der Waals surface area contributed by atoms with E-state index in [2.05, 4.69) is 32.7 Å². The van der Waals surface area contributed by atoms with Crippen LogP contribution in [0.3, 0.4) is 0 Å². The highest BCUT2D eigenvalue weighted by Crippen LogP contribution is 2.27. The van der Waals surface area contributed by atoms with E-state index in [1.807, 2.05) is 30.3 Å². The van der Waals surface area contributed by atoms with Gasteiger partial charge >= 0.3 is 0 Å². The second-order valence-corrected chi connectivity index (χ2v) is 9.45. The zero-order valence-corrected chi connectivity index (χ0v) is 18.8. The molecule has 3 aliphatic rings. The predicted molar refractivity (Wildman–Crippen MR) is 129 cm³/mol. The molecule has 2 heterocycles. The van der Waals surface area contributed by atoms with E-state index < -0.39 is 0 Å². The number of fused-ring (bicyclic) bond motifs is 1. The molecule has 8 N–H and O–H groups in total. The van der Waals surface area contributed by atoms with Crippen LogP contribution in [0.5, 0.6) is 5.75 Å². The lowest BCUT2D eigenvalue weighted by Gasteiger charge is -2.47. The van der Waals surface area contributed by atoms with Crippen molar-refractivity contribution in [2.75, 3.05) is 11.9 Å². The average Bonchev–Trinajstić information content (AvgIpc) is 2.81. The number of carbonyl (C=O) groups excluding carboxylic acids is 1. The van der Waals surface area contributed by atoms with Crippen molar-refractivity contribution >= 4 is 11.6 Å². The van der Waals surface area contributed by atoms with Crippen LogP contribution in [0, 0.1) is 5.92 Å². The molecule has 0 bridgehead atoms. The maximum absolute atomic E-state index is 12.8. The van der Waals surface area contributed by atoms with E-state index in [0.717, 1.165) is 36.1 Å². The van der Waals surface area contributed by atoms with Gasteiger partial charge in [-0.3, -0.25) is 20.7 Å². The monoisotopic (exact) mass is 450 g/mol. The first-order valence-corrected chi connectivity index (χ1v) is 12.0. The number of benzene rings is 2. The van der Waals surface area contributed by atoms with Gasteiger partial charge in [0, 0.05) is 30.4 Å². The lowest BCUT2D eigenvalue weighted by molar-refractivity contribution is -0.130. The molecule has 33 heavy (non-hydrogen) atoms. The van der Waals surface area contributed by atoms with Crippen LogP contribution >= 0.6 is 0 Å². The third-order valence-electron chi connectivity index (χ3n) is 7.16. The van der Waals surface area contributed by atoms with Crippen molar-refractivity contribution in [1.29, 1.82) is 0 Å². The molecular weight excluding hydrogens is 416 g/mol. The molecule has 2 aromatic rings. The molecular formula is C25H34N6O2. The number of nitrogens with one attached hydrogen (secondary N) is 5. The number of amides is 1. The molecule has 0 radical (unpaired) electrons. The standard InChI is InChI=1S/C25H34N6O2/c26-19-6-1-2-7-20(19)29-25-30-21-12-13-27-24(33)22(21)23(31-25)28-17-5-3-4-16(14-17)15-8-10-18(32)11-9-15/h3-5,8-11,14,19-23,25,28-32H,1-2,6-7,12-13,26H2,(H,27,33)/t19-,20+,21?,22?,23?,25?/m0/s1. The van der Waals surface area contributed by atoms with Crippen molar-refractivity contribution in [1.82, 2.24) is 21.3 Å². The highest BCUT2D eigenvalue weighted by Gasteiger charge is 2.44. The first kappa shape index (κ1) is 22.2. The van der Waals surface area contributed by atoms with Gasteiger partial charge in [-0.1, -0.05) is 37.1 Å². The van der Waals surface area contributed by atoms with Crippen LogP contribution in [-0.4, -0.2) is 48.1 Å². The van der Waals surface area contributed by atoms with Gasteiger partial charge in [-0.15, -0.1) is 0 Å². The number of phenolic OH excluding ortho intramolecular Hbond substituents is 1. The topological polar surface area (TPSA) is 123 Å². The molecule has 2 aromatic carbocycles. The lowest BCUT2D eigenvalue weighted by Crippen LogP contribution is -2.75. The Morgan fingerprint density at radius 2 is 1.79 bits per heavy atom. The number of anilines is 1. The largest absolute Gasteiger partial charge is 0.508 e. The summed E-state index contributed by atoms with van der Waals surface area (Å²) in [6.07, 6.45) is 5.04. The Morgan fingerprint density at radius 3 is 2.61 bits per heavy atom. The number of rotatable bonds is 5. The molecule has 4 unspecified atom stereocenters. The van der Waals surface area contributed by atoms with Crippen LogP contribution in [0.25, 0.3) is 11.1 Å². The Labute approximate surface area is 194 Å². The molecule has 0 spiro atoms. The van der Waals surface area contributed by atoms with Crippen molar-refractivity contribution in [3.8, 4) is 16.9 Å². The summed E-state index contributed by atoms with van der Waals surface area (Å²) in [7, 11) is 0. The molecule has 2 saturated heterocycles. The van der Waals surface area contributed by atoms with Gasteiger partial charge < -0.3 is 21.5 Å². The van der Waals surface area contributed by atoms with Gasteiger partial charge in [0.25, 0.3) is 0 Å². The smallest absolute Gasteiger partial charge is 0.228 e. The van der Waals surface area contributed by atoms with E-state index in [1.54, 1.807) is 12.1 Å². The van der Waals surface area contributed by atoms with E-state index in [4.69, 9.17) is 5.73 Å². The highest BCUT2D eigenvalue weighted by atomic mass is 16.3. The Balaban J connectivity index is 1.34. The lowest BCUT2D eigenvalue weighted by atomic mass is 9.87. The molecule has 3 fully saturated rings. The third-order valence-corrected chi connectivity index (χ3v) is 7.16. The Hall–Kier alpha value is -2.65. The van der Waals surface area contributed by atoms with E-state index in [0.29, 0.717) is 6.54 Å². The van der Waals surface area contributed by atoms with E-state index in [9.17, 15) is 9.90 Å². The van der Waals surface area contributed by atoms with Gasteiger partial charge in [0.2, 0.25) is 5.91 Å². The van der Waals surface area contributed by atoms with Crippen LogP contribution < -0.4 is 32.3 Å². The fraction of sp³-hybridized carbons (Fsp3) is 0.480. The van der Waals surface area contributed by atoms with Crippen molar-refractivity contribution in [2.45, 2.75) is 62.7 Å². The Bertz CT molecular complexity index is 968. The number of carbonyl (C=O) groups is 1. The number of piperidine rings is 1. The van der Waals surface area contributed by atoms with Crippen LogP contribution in [0.15, 0.2) is 48.5 Å². The molecule has 8 nitrogen and oxygen atoms in total. The van der Waals surface area contributed by atoms with Crippen LogP contribution in [0.4, 0.5) is 5.69 Å². The van der Waals surface area contributed by atoms with Gasteiger partial charge in [-0.2, -0.15) is 0 Å². The fourth-order valence-electron chi connectivity index (χ4n) is 5.38.